The first kappa shape index (κ1) is 14.3. The molecule has 1 aromatic rings. The molecule has 0 spiro atoms. The fraction of sp³-hybridized carbons (Fsp3) is 0.750. The first-order valence-electron chi connectivity index (χ1n) is 7.77. The number of aromatic nitrogens is 2. The van der Waals surface area contributed by atoms with Gasteiger partial charge in [-0.25, -0.2) is 4.98 Å². The van der Waals surface area contributed by atoms with Gasteiger partial charge in [0, 0.05) is 24.9 Å². The number of hydrogen-bond acceptors (Lipinski definition) is 2. The van der Waals surface area contributed by atoms with Crippen molar-refractivity contribution in [2.24, 2.45) is 11.8 Å². The quantitative estimate of drug-likeness (QED) is 0.784. The number of aryl methyl sites for hydroxylation is 1. The molecule has 0 saturated heterocycles. The summed E-state index contributed by atoms with van der Waals surface area (Å²) in [5, 5.41) is 0. The molecule has 19 heavy (non-hydrogen) atoms. The zero-order valence-corrected chi connectivity index (χ0v) is 12.3. The topological polar surface area (TPSA) is 34.9 Å². The van der Waals surface area contributed by atoms with E-state index in [4.69, 9.17) is 0 Å². The van der Waals surface area contributed by atoms with Gasteiger partial charge < -0.3 is 4.57 Å². The molecule has 1 heterocycles. The molecule has 0 bridgehead atoms. The van der Waals surface area contributed by atoms with Crippen molar-refractivity contribution >= 4 is 5.78 Å². The number of nitrogens with zero attached hydrogens (tertiary/aromatic N) is 2. The maximum atomic E-state index is 12.3. The molecular weight excluding hydrogens is 236 g/mol. The van der Waals surface area contributed by atoms with E-state index in [-0.39, 0.29) is 5.92 Å². The molecule has 0 radical (unpaired) electrons. The largest absolute Gasteiger partial charge is 0.335 e. The minimum Gasteiger partial charge on any atom is -0.335 e. The summed E-state index contributed by atoms with van der Waals surface area (Å²) in [5.41, 5.74) is 0. The molecule has 0 amide bonds. The first-order chi connectivity index (χ1) is 9.24. The second kappa shape index (κ2) is 6.88. The molecular formula is C16H26N2O. The molecule has 1 aliphatic carbocycles. The van der Waals surface area contributed by atoms with Crippen LogP contribution in [0.1, 0.15) is 58.2 Å². The van der Waals surface area contributed by atoms with E-state index in [0.717, 1.165) is 31.1 Å². The highest BCUT2D eigenvalue weighted by Gasteiger charge is 2.26. The van der Waals surface area contributed by atoms with Crippen molar-refractivity contribution < 1.29 is 4.79 Å². The van der Waals surface area contributed by atoms with Crippen LogP contribution in [0.15, 0.2) is 12.4 Å². The highest BCUT2D eigenvalue weighted by atomic mass is 16.1. The Morgan fingerprint density at radius 3 is 2.68 bits per heavy atom. The normalized spacial score (nSPS) is 23.5. The molecule has 0 aromatic carbocycles. The summed E-state index contributed by atoms with van der Waals surface area (Å²) in [5.74, 6) is 2.49. The van der Waals surface area contributed by atoms with Crippen molar-refractivity contribution in [3.8, 4) is 0 Å². The summed E-state index contributed by atoms with van der Waals surface area (Å²) in [7, 11) is 0. The fourth-order valence-electron chi connectivity index (χ4n) is 3.28. The predicted octanol–water partition coefficient (Wildman–Crippen LogP) is 3.62. The predicted molar refractivity (Wildman–Crippen MR) is 77.0 cm³/mol. The summed E-state index contributed by atoms with van der Waals surface area (Å²) in [4.78, 5) is 16.7. The molecule has 106 valence electrons. The number of hydrogen-bond donors (Lipinski definition) is 0. The zero-order chi connectivity index (χ0) is 13.7. The minimum atomic E-state index is 0.287. The van der Waals surface area contributed by atoms with Crippen LogP contribution in [0.5, 0.6) is 0 Å². The van der Waals surface area contributed by atoms with Crippen molar-refractivity contribution in [1.82, 2.24) is 9.55 Å². The van der Waals surface area contributed by atoms with E-state index in [1.54, 1.807) is 6.20 Å². The van der Waals surface area contributed by atoms with Crippen LogP contribution < -0.4 is 0 Å². The third-order valence-corrected chi connectivity index (χ3v) is 4.47. The lowest BCUT2D eigenvalue weighted by Crippen LogP contribution is -2.24. The van der Waals surface area contributed by atoms with Crippen LogP contribution in [0.4, 0.5) is 0 Å². The lowest BCUT2D eigenvalue weighted by Gasteiger charge is -2.27. The molecule has 0 atom stereocenters. The number of Topliss-reactive ketones (excluding diaryl/α,β-unsaturated/α-hetero) is 1. The van der Waals surface area contributed by atoms with Crippen molar-refractivity contribution in [2.45, 2.75) is 65.3 Å². The van der Waals surface area contributed by atoms with Crippen LogP contribution in [0.2, 0.25) is 0 Å². The molecule has 3 nitrogen and oxygen atoms in total. The van der Waals surface area contributed by atoms with Gasteiger partial charge in [-0.2, -0.15) is 0 Å². The van der Waals surface area contributed by atoms with E-state index in [1.165, 1.54) is 25.7 Å². The summed E-state index contributed by atoms with van der Waals surface area (Å²) < 4.78 is 2.07. The third kappa shape index (κ3) is 3.68. The highest BCUT2D eigenvalue weighted by Crippen LogP contribution is 2.32. The number of carbonyl (C=O) groups excluding carboxylic acids is 1. The van der Waals surface area contributed by atoms with Gasteiger partial charge in [-0.15, -0.1) is 0 Å². The third-order valence-electron chi connectivity index (χ3n) is 4.47. The lowest BCUT2D eigenvalue weighted by atomic mass is 9.78. The van der Waals surface area contributed by atoms with Gasteiger partial charge in [0.15, 0.2) is 0 Å². The Hall–Kier alpha value is -1.12. The molecule has 1 saturated carbocycles. The number of imidazole rings is 1. The van der Waals surface area contributed by atoms with Gasteiger partial charge in [0.2, 0.25) is 0 Å². The Morgan fingerprint density at radius 1 is 1.32 bits per heavy atom. The van der Waals surface area contributed by atoms with Crippen molar-refractivity contribution in [3.05, 3.63) is 18.2 Å². The SMILES string of the molecule is CCCC1CCC(C(=O)Cc2nccn2CC)CC1. The van der Waals surface area contributed by atoms with Crippen molar-refractivity contribution in [1.29, 1.82) is 0 Å². The Balaban J connectivity index is 1.85. The lowest BCUT2D eigenvalue weighted by molar-refractivity contribution is -0.123. The average Bonchev–Trinajstić information content (AvgIpc) is 2.87. The molecule has 1 aromatic heterocycles. The Labute approximate surface area is 116 Å². The fourth-order valence-corrected chi connectivity index (χ4v) is 3.28. The van der Waals surface area contributed by atoms with Gasteiger partial charge in [0.25, 0.3) is 0 Å². The summed E-state index contributed by atoms with van der Waals surface area (Å²) in [6, 6.07) is 0. The average molecular weight is 262 g/mol. The zero-order valence-electron chi connectivity index (χ0n) is 12.3. The van der Waals surface area contributed by atoms with Crippen LogP contribution in [0.3, 0.4) is 0 Å². The van der Waals surface area contributed by atoms with Crippen LogP contribution in [-0.2, 0) is 17.8 Å². The number of rotatable bonds is 6. The van der Waals surface area contributed by atoms with Crippen molar-refractivity contribution in [3.63, 3.8) is 0 Å². The molecule has 1 aliphatic rings. The molecule has 0 N–H and O–H groups in total. The van der Waals surface area contributed by atoms with Crippen LogP contribution in [-0.4, -0.2) is 15.3 Å². The van der Waals surface area contributed by atoms with Crippen LogP contribution in [0, 0.1) is 11.8 Å². The van der Waals surface area contributed by atoms with Gasteiger partial charge in [-0.05, 0) is 38.5 Å². The summed E-state index contributed by atoms with van der Waals surface area (Å²) in [6.07, 6.45) is 11.6. The van der Waals surface area contributed by atoms with E-state index in [9.17, 15) is 4.79 Å². The van der Waals surface area contributed by atoms with E-state index < -0.39 is 0 Å². The molecule has 0 unspecified atom stereocenters. The Morgan fingerprint density at radius 2 is 2.05 bits per heavy atom. The summed E-state index contributed by atoms with van der Waals surface area (Å²) >= 11 is 0. The standard InChI is InChI=1S/C16H26N2O/c1-3-5-13-6-8-14(9-7-13)15(19)12-16-17-10-11-18(16)4-2/h10-11,13-14H,3-9,12H2,1-2H3. The maximum absolute atomic E-state index is 12.3. The Bertz CT molecular complexity index is 403. The second-order valence-corrected chi connectivity index (χ2v) is 5.78. The molecule has 2 rings (SSSR count). The van der Waals surface area contributed by atoms with E-state index in [0.29, 0.717) is 12.2 Å². The monoisotopic (exact) mass is 262 g/mol. The van der Waals surface area contributed by atoms with Crippen LogP contribution in [0.25, 0.3) is 0 Å². The summed E-state index contributed by atoms with van der Waals surface area (Å²) in [6.45, 7) is 5.24. The number of carbonyl (C=O) groups is 1. The van der Waals surface area contributed by atoms with E-state index in [2.05, 4.69) is 23.4 Å². The van der Waals surface area contributed by atoms with E-state index >= 15 is 0 Å². The highest BCUT2D eigenvalue weighted by molar-refractivity contribution is 5.82. The maximum Gasteiger partial charge on any atom is 0.143 e. The van der Waals surface area contributed by atoms with Gasteiger partial charge in [-0.1, -0.05) is 19.8 Å². The van der Waals surface area contributed by atoms with Crippen LogP contribution >= 0.6 is 0 Å². The van der Waals surface area contributed by atoms with E-state index in [1.807, 2.05) is 6.20 Å². The molecule has 3 heteroatoms. The first-order valence-corrected chi connectivity index (χ1v) is 7.77. The smallest absolute Gasteiger partial charge is 0.143 e. The van der Waals surface area contributed by atoms with Gasteiger partial charge in [-0.3, -0.25) is 4.79 Å². The van der Waals surface area contributed by atoms with Gasteiger partial charge >= 0.3 is 0 Å². The van der Waals surface area contributed by atoms with Gasteiger partial charge in [0.1, 0.15) is 11.6 Å². The molecule has 1 fully saturated rings. The van der Waals surface area contributed by atoms with Crippen molar-refractivity contribution in [2.75, 3.05) is 0 Å². The molecule has 0 aliphatic heterocycles. The van der Waals surface area contributed by atoms with Gasteiger partial charge in [0.05, 0.1) is 6.42 Å². The Kier molecular flexibility index (Phi) is 5.17. The minimum absolute atomic E-state index is 0.287. The second-order valence-electron chi connectivity index (χ2n) is 5.78. The number of ketones is 1.